The Labute approximate surface area is 136 Å². The highest BCUT2D eigenvalue weighted by molar-refractivity contribution is 6.04. The highest BCUT2D eigenvalue weighted by Crippen LogP contribution is 2.34. The van der Waals surface area contributed by atoms with Crippen molar-refractivity contribution in [3.05, 3.63) is 41.5 Å². The van der Waals surface area contributed by atoms with Gasteiger partial charge in [-0.25, -0.2) is 4.79 Å². The van der Waals surface area contributed by atoms with E-state index in [1.165, 1.54) is 16.5 Å². The van der Waals surface area contributed by atoms with E-state index in [0.717, 1.165) is 23.9 Å². The fourth-order valence-electron chi connectivity index (χ4n) is 3.23. The predicted octanol–water partition coefficient (Wildman–Crippen LogP) is 3.47. The van der Waals surface area contributed by atoms with E-state index in [4.69, 9.17) is 5.11 Å². The number of aryl methyl sites for hydroxylation is 2. The molecule has 4 nitrogen and oxygen atoms in total. The summed E-state index contributed by atoms with van der Waals surface area (Å²) in [5.41, 5.74) is 3.47. The number of nitrogens with one attached hydrogen (secondary N) is 2. The molecule has 2 amide bonds. The van der Waals surface area contributed by atoms with Crippen LogP contribution < -0.4 is 10.6 Å². The van der Waals surface area contributed by atoms with Crippen LogP contribution in [0.3, 0.4) is 0 Å². The van der Waals surface area contributed by atoms with Gasteiger partial charge in [-0.1, -0.05) is 38.1 Å². The number of anilines is 1. The molecule has 0 aliphatic heterocycles. The van der Waals surface area contributed by atoms with E-state index in [1.807, 2.05) is 19.9 Å². The molecule has 3 rings (SSSR count). The van der Waals surface area contributed by atoms with E-state index in [-0.39, 0.29) is 18.1 Å². The van der Waals surface area contributed by atoms with Gasteiger partial charge in [-0.05, 0) is 47.3 Å². The topological polar surface area (TPSA) is 61.4 Å². The molecule has 0 spiro atoms. The second kappa shape index (κ2) is 6.20. The van der Waals surface area contributed by atoms with E-state index >= 15 is 0 Å². The van der Waals surface area contributed by atoms with Gasteiger partial charge in [0, 0.05) is 18.5 Å². The summed E-state index contributed by atoms with van der Waals surface area (Å²) >= 11 is 0. The normalized spacial score (nSPS) is 13.3. The molecule has 0 radical (unpaired) electrons. The Morgan fingerprint density at radius 1 is 1.17 bits per heavy atom. The van der Waals surface area contributed by atoms with E-state index in [2.05, 4.69) is 34.9 Å². The number of carbonyl (C=O) groups excluding carboxylic acids is 1. The van der Waals surface area contributed by atoms with E-state index in [1.54, 1.807) is 0 Å². The standard InChI is InChI=1S/C19H24N2O2/c1-19(2,10-11-22)12-20-18(23)21-16-9-8-14-7-6-13-4-3-5-15(16)17(13)14/h3-5,8-9,22H,6-7,10-12H2,1-2H3,(H2,20,21,23). The summed E-state index contributed by atoms with van der Waals surface area (Å²) in [6, 6.07) is 10.2. The minimum Gasteiger partial charge on any atom is -0.396 e. The number of rotatable bonds is 5. The second-order valence-corrected chi connectivity index (χ2v) is 7.06. The van der Waals surface area contributed by atoms with Crippen LogP contribution in [-0.4, -0.2) is 24.3 Å². The Hall–Kier alpha value is -2.07. The van der Waals surface area contributed by atoms with Crippen LogP contribution in [0.1, 0.15) is 31.4 Å². The molecule has 23 heavy (non-hydrogen) atoms. The lowest BCUT2D eigenvalue weighted by Crippen LogP contribution is -2.37. The van der Waals surface area contributed by atoms with E-state index in [9.17, 15) is 4.79 Å². The number of hydrogen-bond donors (Lipinski definition) is 3. The summed E-state index contributed by atoms with van der Waals surface area (Å²) in [5.74, 6) is 0. The van der Waals surface area contributed by atoms with Crippen molar-refractivity contribution in [3.8, 4) is 0 Å². The molecule has 0 atom stereocenters. The van der Waals surface area contributed by atoms with Crippen molar-refractivity contribution in [2.75, 3.05) is 18.5 Å². The van der Waals surface area contributed by atoms with Gasteiger partial charge in [0.15, 0.2) is 0 Å². The molecule has 0 bridgehead atoms. The van der Waals surface area contributed by atoms with Gasteiger partial charge < -0.3 is 15.7 Å². The molecule has 3 N–H and O–H groups in total. The number of urea groups is 1. The zero-order valence-electron chi connectivity index (χ0n) is 13.8. The van der Waals surface area contributed by atoms with Gasteiger partial charge in [0.2, 0.25) is 0 Å². The van der Waals surface area contributed by atoms with Crippen LogP contribution in [0.2, 0.25) is 0 Å². The van der Waals surface area contributed by atoms with Crippen molar-refractivity contribution in [1.82, 2.24) is 5.32 Å². The van der Waals surface area contributed by atoms with Gasteiger partial charge in [-0.2, -0.15) is 0 Å². The van der Waals surface area contributed by atoms with Crippen LogP contribution in [0.5, 0.6) is 0 Å². The maximum absolute atomic E-state index is 12.2. The minimum atomic E-state index is -0.199. The van der Waals surface area contributed by atoms with E-state index < -0.39 is 0 Å². The Bertz CT molecular complexity index is 727. The third-order valence-corrected chi connectivity index (χ3v) is 4.64. The number of amides is 2. The maximum atomic E-state index is 12.2. The minimum absolute atomic E-state index is 0.117. The zero-order valence-corrected chi connectivity index (χ0v) is 13.8. The first-order valence-electron chi connectivity index (χ1n) is 8.19. The molecule has 0 saturated carbocycles. The van der Waals surface area contributed by atoms with Crippen LogP contribution in [0, 0.1) is 5.41 Å². The van der Waals surface area contributed by atoms with Crippen molar-refractivity contribution < 1.29 is 9.90 Å². The summed E-state index contributed by atoms with van der Waals surface area (Å²) < 4.78 is 0. The Morgan fingerprint density at radius 2 is 1.91 bits per heavy atom. The van der Waals surface area contributed by atoms with Crippen LogP contribution in [0.15, 0.2) is 30.3 Å². The molecule has 0 aromatic heterocycles. The van der Waals surface area contributed by atoms with E-state index in [0.29, 0.717) is 13.0 Å². The number of hydrogen-bond acceptors (Lipinski definition) is 2. The summed E-state index contributed by atoms with van der Waals surface area (Å²) in [6.07, 6.45) is 2.82. The summed E-state index contributed by atoms with van der Waals surface area (Å²) in [6.45, 7) is 4.72. The van der Waals surface area contributed by atoms with Crippen LogP contribution >= 0.6 is 0 Å². The fraction of sp³-hybridized carbons (Fsp3) is 0.421. The lowest BCUT2D eigenvalue weighted by Gasteiger charge is -2.24. The number of carbonyl (C=O) groups is 1. The Kier molecular flexibility index (Phi) is 4.26. The largest absolute Gasteiger partial charge is 0.396 e. The van der Waals surface area contributed by atoms with Crippen LogP contribution in [-0.2, 0) is 12.8 Å². The highest BCUT2D eigenvalue weighted by Gasteiger charge is 2.19. The number of benzene rings is 2. The summed E-state index contributed by atoms with van der Waals surface area (Å²) in [4.78, 5) is 12.2. The van der Waals surface area contributed by atoms with Crippen molar-refractivity contribution in [2.45, 2.75) is 33.1 Å². The van der Waals surface area contributed by atoms with Gasteiger partial charge in [-0.3, -0.25) is 0 Å². The molecule has 0 heterocycles. The molecular weight excluding hydrogens is 288 g/mol. The number of aliphatic hydroxyl groups excluding tert-OH is 1. The summed E-state index contributed by atoms with van der Waals surface area (Å²) in [7, 11) is 0. The quantitative estimate of drug-likeness (QED) is 0.791. The Morgan fingerprint density at radius 3 is 2.65 bits per heavy atom. The van der Waals surface area contributed by atoms with Gasteiger partial charge in [0.25, 0.3) is 0 Å². The lowest BCUT2D eigenvalue weighted by atomic mass is 9.90. The fourth-order valence-corrected chi connectivity index (χ4v) is 3.23. The second-order valence-electron chi connectivity index (χ2n) is 7.06. The van der Waals surface area contributed by atoms with Crippen molar-refractivity contribution >= 4 is 22.5 Å². The van der Waals surface area contributed by atoms with Crippen LogP contribution in [0.4, 0.5) is 10.5 Å². The van der Waals surface area contributed by atoms with Crippen LogP contribution in [0.25, 0.3) is 10.8 Å². The smallest absolute Gasteiger partial charge is 0.319 e. The van der Waals surface area contributed by atoms with Crippen molar-refractivity contribution in [3.63, 3.8) is 0 Å². The third-order valence-electron chi connectivity index (χ3n) is 4.64. The first-order chi connectivity index (χ1) is 11.0. The molecule has 1 aliphatic carbocycles. The number of aliphatic hydroxyl groups is 1. The maximum Gasteiger partial charge on any atom is 0.319 e. The first kappa shape index (κ1) is 15.8. The van der Waals surface area contributed by atoms with Gasteiger partial charge >= 0.3 is 6.03 Å². The lowest BCUT2D eigenvalue weighted by molar-refractivity contribution is 0.204. The summed E-state index contributed by atoms with van der Waals surface area (Å²) in [5, 5.41) is 17.3. The van der Waals surface area contributed by atoms with Crippen molar-refractivity contribution in [1.29, 1.82) is 0 Å². The molecule has 2 aromatic rings. The molecular formula is C19H24N2O2. The average molecular weight is 312 g/mol. The molecule has 122 valence electrons. The monoisotopic (exact) mass is 312 g/mol. The SMILES string of the molecule is CC(C)(CCO)CNC(=O)Nc1ccc2c3c(cccc13)CC2. The predicted molar refractivity (Wildman–Crippen MR) is 93.9 cm³/mol. The molecule has 0 unspecified atom stereocenters. The Balaban J connectivity index is 1.74. The molecule has 0 saturated heterocycles. The van der Waals surface area contributed by atoms with Crippen molar-refractivity contribution in [2.24, 2.45) is 5.41 Å². The van der Waals surface area contributed by atoms with Gasteiger partial charge in [0.05, 0.1) is 5.69 Å². The first-order valence-corrected chi connectivity index (χ1v) is 8.19. The molecule has 4 heteroatoms. The van der Waals surface area contributed by atoms with Gasteiger partial charge in [0.1, 0.15) is 0 Å². The van der Waals surface area contributed by atoms with Gasteiger partial charge in [-0.15, -0.1) is 0 Å². The molecule has 0 fully saturated rings. The molecule has 1 aliphatic rings. The third kappa shape index (κ3) is 3.32. The molecule has 2 aromatic carbocycles. The average Bonchev–Trinajstić information content (AvgIpc) is 2.93. The highest BCUT2D eigenvalue weighted by atomic mass is 16.3. The zero-order chi connectivity index (χ0) is 16.4.